The Bertz CT molecular complexity index is 1490. The molecule has 0 spiro atoms. The topological polar surface area (TPSA) is 104 Å². The van der Waals surface area contributed by atoms with Gasteiger partial charge in [-0.2, -0.15) is 0 Å². The lowest BCUT2D eigenvalue weighted by Crippen LogP contribution is -2.28. The van der Waals surface area contributed by atoms with Gasteiger partial charge in [-0.3, -0.25) is 4.98 Å². The van der Waals surface area contributed by atoms with Crippen molar-refractivity contribution in [1.82, 2.24) is 29.5 Å². The lowest BCUT2D eigenvalue weighted by atomic mass is 9.91. The van der Waals surface area contributed by atoms with Gasteiger partial charge in [0.25, 0.3) is 0 Å². The summed E-state index contributed by atoms with van der Waals surface area (Å²) in [6, 6.07) is 9.83. The minimum Gasteiger partial charge on any atom is -0.387 e. The van der Waals surface area contributed by atoms with E-state index >= 15 is 0 Å². The largest absolute Gasteiger partial charge is 0.387 e. The predicted molar refractivity (Wildman–Crippen MR) is 122 cm³/mol. The number of hydrogen-bond acceptors (Lipinski definition) is 6. The molecule has 4 heterocycles. The molecule has 0 radical (unpaired) electrons. The number of aliphatic hydroxyl groups excluding tert-OH is 1. The van der Waals surface area contributed by atoms with Crippen molar-refractivity contribution in [3.63, 3.8) is 0 Å². The molecule has 0 amide bonds. The molecular weight excluding hydrogens is 421 g/mol. The Labute approximate surface area is 188 Å². The number of imidazole rings is 1. The number of benzene rings is 1. The Kier molecular flexibility index (Phi) is 4.58. The summed E-state index contributed by atoms with van der Waals surface area (Å²) >= 11 is 0. The van der Waals surface area contributed by atoms with E-state index in [-0.39, 0.29) is 6.04 Å². The van der Waals surface area contributed by atoms with E-state index in [1.54, 1.807) is 17.6 Å². The maximum atomic E-state index is 13.8. The molecule has 3 N–H and O–H groups in total. The number of rotatable bonds is 4. The Hall–Kier alpha value is -3.85. The number of aromatic nitrogens is 6. The minimum atomic E-state index is -0.773. The molecule has 8 nitrogen and oxygen atoms in total. The first kappa shape index (κ1) is 19.8. The van der Waals surface area contributed by atoms with Gasteiger partial charge in [0.2, 0.25) is 0 Å². The number of nitrogens with zero attached hydrogens (tertiary/aromatic N) is 5. The molecule has 1 aliphatic carbocycles. The maximum absolute atomic E-state index is 13.8. The number of aryl methyl sites for hydroxylation is 1. The Morgan fingerprint density at radius 3 is 2.97 bits per heavy atom. The van der Waals surface area contributed by atoms with Gasteiger partial charge in [0.05, 0.1) is 24.2 Å². The van der Waals surface area contributed by atoms with Crippen LogP contribution < -0.4 is 5.32 Å². The van der Waals surface area contributed by atoms with E-state index in [0.717, 1.165) is 31.0 Å². The van der Waals surface area contributed by atoms with Crippen LogP contribution in [0.3, 0.4) is 0 Å². The molecule has 166 valence electrons. The van der Waals surface area contributed by atoms with Crippen LogP contribution in [0, 0.1) is 5.82 Å². The lowest BCUT2D eigenvalue weighted by molar-refractivity contribution is 0.192. The van der Waals surface area contributed by atoms with Gasteiger partial charge in [0.15, 0.2) is 17.3 Å². The van der Waals surface area contributed by atoms with Gasteiger partial charge in [-0.1, -0.05) is 18.2 Å². The Morgan fingerprint density at radius 2 is 2.12 bits per heavy atom. The van der Waals surface area contributed by atoms with Crippen LogP contribution in [0.25, 0.3) is 27.9 Å². The van der Waals surface area contributed by atoms with Crippen molar-refractivity contribution in [3.8, 4) is 11.4 Å². The first-order chi connectivity index (χ1) is 16.1. The van der Waals surface area contributed by atoms with Crippen LogP contribution in [-0.2, 0) is 12.8 Å². The van der Waals surface area contributed by atoms with Crippen molar-refractivity contribution >= 4 is 22.4 Å². The lowest BCUT2D eigenvalue weighted by Gasteiger charge is -2.24. The normalized spacial score (nSPS) is 16.8. The Balaban J connectivity index is 1.41. The number of fused-ring (bicyclic) bond motifs is 4. The monoisotopic (exact) mass is 443 g/mol. The zero-order valence-corrected chi connectivity index (χ0v) is 18.0. The summed E-state index contributed by atoms with van der Waals surface area (Å²) < 4.78 is 15.4. The molecule has 33 heavy (non-hydrogen) atoms. The van der Waals surface area contributed by atoms with Gasteiger partial charge in [-0.15, -0.1) is 5.10 Å². The van der Waals surface area contributed by atoms with E-state index < -0.39 is 11.9 Å². The highest BCUT2D eigenvalue weighted by Crippen LogP contribution is 2.31. The third-order valence-corrected chi connectivity index (χ3v) is 6.22. The second-order valence-electron chi connectivity index (χ2n) is 8.48. The van der Waals surface area contributed by atoms with E-state index in [4.69, 9.17) is 0 Å². The zero-order valence-electron chi connectivity index (χ0n) is 18.0. The van der Waals surface area contributed by atoms with Crippen LogP contribution in [0.4, 0.5) is 10.2 Å². The van der Waals surface area contributed by atoms with Crippen LogP contribution in [0.1, 0.15) is 36.4 Å². The number of H-pyrrole nitrogens is 1. The summed E-state index contributed by atoms with van der Waals surface area (Å²) in [7, 11) is 0. The number of aliphatic hydroxyl groups is 1. The average molecular weight is 443 g/mol. The van der Waals surface area contributed by atoms with Crippen LogP contribution in [-0.4, -0.2) is 40.7 Å². The van der Waals surface area contributed by atoms with E-state index in [9.17, 15) is 9.50 Å². The maximum Gasteiger partial charge on any atom is 0.197 e. The van der Waals surface area contributed by atoms with Gasteiger partial charge >= 0.3 is 0 Å². The summed E-state index contributed by atoms with van der Waals surface area (Å²) in [5.41, 5.74) is 5.26. The number of para-hydroxylation sites is 1. The molecule has 0 aliphatic heterocycles. The fraction of sp³-hybridized carbons (Fsp3) is 0.250. The second-order valence-corrected chi connectivity index (χ2v) is 8.48. The first-order valence-electron chi connectivity index (χ1n) is 11.0. The number of hydrogen-bond donors (Lipinski definition) is 3. The molecule has 9 heteroatoms. The number of pyridine rings is 1. The van der Waals surface area contributed by atoms with Crippen molar-refractivity contribution in [2.24, 2.45) is 0 Å². The summed E-state index contributed by atoms with van der Waals surface area (Å²) in [6.45, 7) is 1.65. The molecule has 0 bridgehead atoms. The SMILES string of the molecule is C[C@@H](O)c1cnc2c(N[C@H]3CCc4[nH]c5ccccc5c4C3)nc(-c3cncc(F)c3)nn12. The van der Waals surface area contributed by atoms with Gasteiger partial charge in [0, 0.05) is 34.4 Å². The second kappa shape index (κ2) is 7.63. The molecule has 0 fully saturated rings. The number of halogens is 1. The summed E-state index contributed by atoms with van der Waals surface area (Å²) in [5.74, 6) is 0.385. The third kappa shape index (κ3) is 3.41. The molecule has 0 saturated heterocycles. The number of aromatic amines is 1. The van der Waals surface area contributed by atoms with E-state index in [1.807, 2.05) is 6.07 Å². The van der Waals surface area contributed by atoms with Gasteiger partial charge < -0.3 is 15.4 Å². The smallest absolute Gasteiger partial charge is 0.197 e. The highest BCUT2D eigenvalue weighted by atomic mass is 19.1. The number of anilines is 1. The molecule has 1 aliphatic rings. The molecule has 2 atom stereocenters. The zero-order chi connectivity index (χ0) is 22.5. The molecule has 0 saturated carbocycles. The highest BCUT2D eigenvalue weighted by molar-refractivity contribution is 5.85. The highest BCUT2D eigenvalue weighted by Gasteiger charge is 2.25. The standard InChI is InChI=1S/C24H22FN7O/c1-13(33)21-12-27-24-23(30-22(31-32(21)24)14-8-15(25)11-26-10-14)28-16-6-7-20-18(9-16)17-4-2-3-5-19(17)29-20/h2-5,8,10-13,16,29,33H,6-7,9H2,1H3,(H,28,30,31)/t13-,16+/m1/s1. The molecule has 0 unspecified atom stereocenters. The van der Waals surface area contributed by atoms with Crippen LogP contribution in [0.2, 0.25) is 0 Å². The van der Waals surface area contributed by atoms with Crippen molar-refractivity contribution in [2.75, 3.05) is 5.32 Å². The third-order valence-electron chi connectivity index (χ3n) is 6.22. The molecule has 1 aromatic carbocycles. The predicted octanol–water partition coefficient (Wildman–Crippen LogP) is 3.83. The molecule has 4 aromatic heterocycles. The van der Waals surface area contributed by atoms with Gasteiger partial charge in [-0.25, -0.2) is 18.9 Å². The van der Waals surface area contributed by atoms with E-state index in [2.05, 4.69) is 48.6 Å². The average Bonchev–Trinajstić information content (AvgIpc) is 3.41. The molecule has 6 rings (SSSR count). The fourth-order valence-electron chi connectivity index (χ4n) is 4.62. The van der Waals surface area contributed by atoms with Gasteiger partial charge in [-0.05, 0) is 43.9 Å². The summed E-state index contributed by atoms with van der Waals surface area (Å²) in [6.07, 6.45) is 6.17. The quantitative estimate of drug-likeness (QED) is 0.390. The van der Waals surface area contributed by atoms with Crippen LogP contribution in [0.15, 0.2) is 48.9 Å². The first-order valence-corrected chi connectivity index (χ1v) is 11.0. The van der Waals surface area contributed by atoms with E-state index in [1.165, 1.54) is 28.9 Å². The Morgan fingerprint density at radius 1 is 1.24 bits per heavy atom. The van der Waals surface area contributed by atoms with Crippen molar-refractivity contribution in [1.29, 1.82) is 0 Å². The van der Waals surface area contributed by atoms with Crippen molar-refractivity contribution in [2.45, 2.75) is 38.3 Å². The van der Waals surface area contributed by atoms with Gasteiger partial charge in [0.1, 0.15) is 5.82 Å². The fourth-order valence-corrected chi connectivity index (χ4v) is 4.62. The van der Waals surface area contributed by atoms with Crippen LogP contribution >= 0.6 is 0 Å². The molecular formula is C24H22FN7O. The minimum absolute atomic E-state index is 0.139. The molecule has 5 aromatic rings. The summed E-state index contributed by atoms with van der Waals surface area (Å²) in [5, 5.41) is 19.5. The van der Waals surface area contributed by atoms with Crippen molar-refractivity contribution in [3.05, 3.63) is 71.7 Å². The van der Waals surface area contributed by atoms with E-state index in [0.29, 0.717) is 28.5 Å². The summed E-state index contributed by atoms with van der Waals surface area (Å²) in [4.78, 5) is 16.6. The number of nitrogens with one attached hydrogen (secondary N) is 2. The van der Waals surface area contributed by atoms with Crippen LogP contribution in [0.5, 0.6) is 0 Å². The van der Waals surface area contributed by atoms with Crippen molar-refractivity contribution < 1.29 is 9.50 Å².